The lowest BCUT2D eigenvalue weighted by Gasteiger charge is -2.21. The third-order valence-electron chi connectivity index (χ3n) is 5.06. The zero-order valence-corrected chi connectivity index (χ0v) is 16.7. The van der Waals surface area contributed by atoms with Gasteiger partial charge in [0.25, 0.3) is 0 Å². The third kappa shape index (κ3) is 3.95. The zero-order chi connectivity index (χ0) is 18.1. The number of amides is 2. The maximum absolute atomic E-state index is 12.5. The van der Waals surface area contributed by atoms with Crippen molar-refractivity contribution in [1.82, 2.24) is 9.80 Å². The summed E-state index contributed by atoms with van der Waals surface area (Å²) in [6.45, 7) is 6.34. The molecule has 1 N–H and O–H groups in total. The van der Waals surface area contributed by atoms with Gasteiger partial charge in [0.05, 0.1) is 5.02 Å². The van der Waals surface area contributed by atoms with Crippen molar-refractivity contribution in [2.75, 3.05) is 26.2 Å². The van der Waals surface area contributed by atoms with Crippen LogP contribution in [0.3, 0.4) is 0 Å². The SMILES string of the molecule is C=CC(=O)N1CC2CN(C(=O)CCc3cc(I)c(Cl)cc3O)CC2C1. The van der Waals surface area contributed by atoms with Gasteiger partial charge in [-0.25, -0.2) is 0 Å². The number of phenols is 1. The predicted octanol–water partition coefficient (Wildman–Crippen LogP) is 2.69. The molecule has 2 atom stereocenters. The first kappa shape index (κ1) is 18.5. The van der Waals surface area contributed by atoms with Crippen molar-refractivity contribution in [3.8, 4) is 5.75 Å². The first-order chi connectivity index (χ1) is 11.9. The third-order valence-corrected chi connectivity index (χ3v) is 6.58. The van der Waals surface area contributed by atoms with E-state index in [1.165, 1.54) is 12.1 Å². The van der Waals surface area contributed by atoms with Crippen LogP contribution in [0.25, 0.3) is 0 Å². The molecule has 5 nitrogen and oxygen atoms in total. The minimum Gasteiger partial charge on any atom is -0.508 e. The van der Waals surface area contributed by atoms with Gasteiger partial charge in [-0.15, -0.1) is 0 Å². The molecule has 2 aliphatic rings. The van der Waals surface area contributed by atoms with Crippen molar-refractivity contribution in [2.24, 2.45) is 11.8 Å². The molecule has 2 unspecified atom stereocenters. The monoisotopic (exact) mass is 474 g/mol. The zero-order valence-electron chi connectivity index (χ0n) is 13.8. The molecule has 2 amide bonds. The van der Waals surface area contributed by atoms with Crippen molar-refractivity contribution >= 4 is 46.0 Å². The van der Waals surface area contributed by atoms with Gasteiger partial charge in [-0.05, 0) is 52.8 Å². The Morgan fingerprint density at radius 3 is 2.44 bits per heavy atom. The van der Waals surface area contributed by atoms with E-state index in [2.05, 4.69) is 29.2 Å². The van der Waals surface area contributed by atoms with Crippen LogP contribution in [0, 0.1) is 15.4 Å². The largest absolute Gasteiger partial charge is 0.508 e. The number of likely N-dealkylation sites (tertiary alicyclic amines) is 2. The standard InChI is InChI=1S/C18H20ClIN2O3/c1-2-17(24)21-7-12-9-22(10-13(12)8-21)18(25)4-3-11-5-15(20)14(19)6-16(11)23/h2,5-6,12-13,23H,1,3-4,7-10H2. The summed E-state index contributed by atoms with van der Waals surface area (Å²) in [5, 5.41) is 10.5. The normalized spacial score (nSPS) is 22.2. The van der Waals surface area contributed by atoms with Crippen molar-refractivity contribution in [2.45, 2.75) is 12.8 Å². The highest BCUT2D eigenvalue weighted by Crippen LogP contribution is 2.32. The van der Waals surface area contributed by atoms with Gasteiger partial charge < -0.3 is 14.9 Å². The number of aryl methyl sites for hydroxylation is 1. The Morgan fingerprint density at radius 1 is 1.24 bits per heavy atom. The maximum Gasteiger partial charge on any atom is 0.245 e. The van der Waals surface area contributed by atoms with E-state index >= 15 is 0 Å². The second-order valence-electron chi connectivity index (χ2n) is 6.66. The van der Waals surface area contributed by atoms with E-state index in [0.29, 0.717) is 55.9 Å². The van der Waals surface area contributed by atoms with Crippen LogP contribution in [0.15, 0.2) is 24.8 Å². The number of hydrogen-bond donors (Lipinski definition) is 1. The van der Waals surface area contributed by atoms with E-state index in [1.54, 1.807) is 0 Å². The molecule has 2 fully saturated rings. The Balaban J connectivity index is 1.54. The fourth-order valence-corrected chi connectivity index (χ4v) is 4.37. The van der Waals surface area contributed by atoms with Gasteiger partial charge in [0.1, 0.15) is 5.75 Å². The number of aromatic hydroxyl groups is 1. The lowest BCUT2D eigenvalue weighted by atomic mass is 10.0. The van der Waals surface area contributed by atoms with Gasteiger partial charge in [0.2, 0.25) is 11.8 Å². The molecule has 0 bridgehead atoms. The van der Waals surface area contributed by atoms with Gasteiger partial charge in [-0.2, -0.15) is 0 Å². The van der Waals surface area contributed by atoms with E-state index in [-0.39, 0.29) is 17.6 Å². The molecule has 25 heavy (non-hydrogen) atoms. The number of carbonyl (C=O) groups excluding carboxylic acids is 2. The lowest BCUT2D eigenvalue weighted by molar-refractivity contribution is -0.130. The smallest absolute Gasteiger partial charge is 0.245 e. The van der Waals surface area contributed by atoms with Crippen LogP contribution in [0.1, 0.15) is 12.0 Å². The molecule has 1 aromatic carbocycles. The molecule has 0 spiro atoms. The van der Waals surface area contributed by atoms with Crippen LogP contribution in [-0.4, -0.2) is 52.9 Å². The molecule has 3 rings (SSSR count). The van der Waals surface area contributed by atoms with Crippen molar-refractivity contribution in [3.63, 3.8) is 0 Å². The van der Waals surface area contributed by atoms with Crippen LogP contribution in [0.2, 0.25) is 5.02 Å². The molecule has 2 saturated heterocycles. The van der Waals surface area contributed by atoms with Crippen LogP contribution in [0.4, 0.5) is 0 Å². The number of halogens is 2. The Bertz CT molecular complexity index is 711. The molecular weight excluding hydrogens is 455 g/mol. The van der Waals surface area contributed by atoms with E-state index in [1.807, 2.05) is 15.9 Å². The number of rotatable bonds is 4. The summed E-state index contributed by atoms with van der Waals surface area (Å²) in [6, 6.07) is 3.34. The van der Waals surface area contributed by atoms with Gasteiger partial charge in [-0.3, -0.25) is 9.59 Å². The Kier molecular flexibility index (Phi) is 5.58. The van der Waals surface area contributed by atoms with Gasteiger partial charge in [0, 0.05) is 48.0 Å². The second-order valence-corrected chi connectivity index (χ2v) is 8.23. The first-order valence-corrected chi connectivity index (χ1v) is 9.70. The summed E-state index contributed by atoms with van der Waals surface area (Å²) in [4.78, 5) is 27.9. The lowest BCUT2D eigenvalue weighted by Crippen LogP contribution is -2.35. The van der Waals surface area contributed by atoms with Crippen LogP contribution in [-0.2, 0) is 16.0 Å². The number of phenolic OH excluding ortho intramolecular Hbond substituents is 1. The predicted molar refractivity (Wildman–Crippen MR) is 104 cm³/mol. The van der Waals surface area contributed by atoms with Gasteiger partial charge >= 0.3 is 0 Å². The molecule has 7 heteroatoms. The average molecular weight is 475 g/mol. The number of carbonyl (C=O) groups is 2. The Labute approximate surface area is 165 Å². The summed E-state index contributed by atoms with van der Waals surface area (Å²) >= 11 is 8.09. The molecule has 134 valence electrons. The summed E-state index contributed by atoms with van der Waals surface area (Å²) in [5.41, 5.74) is 0.740. The van der Waals surface area contributed by atoms with Crippen molar-refractivity contribution in [3.05, 3.63) is 38.9 Å². The van der Waals surface area contributed by atoms with Gasteiger partial charge in [-0.1, -0.05) is 18.2 Å². The van der Waals surface area contributed by atoms with Crippen LogP contribution < -0.4 is 0 Å². The second kappa shape index (κ2) is 7.53. The molecule has 0 saturated carbocycles. The quantitative estimate of drug-likeness (QED) is 0.539. The fourth-order valence-electron chi connectivity index (χ4n) is 3.68. The van der Waals surface area contributed by atoms with Crippen molar-refractivity contribution < 1.29 is 14.7 Å². The van der Waals surface area contributed by atoms with Crippen LogP contribution in [0.5, 0.6) is 5.75 Å². The molecule has 2 aliphatic heterocycles. The first-order valence-electron chi connectivity index (χ1n) is 8.25. The van der Waals surface area contributed by atoms with Crippen molar-refractivity contribution in [1.29, 1.82) is 0 Å². The minimum atomic E-state index is -0.0277. The molecule has 0 radical (unpaired) electrons. The maximum atomic E-state index is 12.5. The highest BCUT2D eigenvalue weighted by atomic mass is 127. The molecular formula is C18H20ClIN2O3. The van der Waals surface area contributed by atoms with E-state index in [0.717, 1.165) is 9.13 Å². The number of hydrogen-bond acceptors (Lipinski definition) is 3. The summed E-state index contributed by atoms with van der Waals surface area (Å²) < 4.78 is 0.863. The highest BCUT2D eigenvalue weighted by molar-refractivity contribution is 14.1. The fraction of sp³-hybridized carbons (Fsp3) is 0.444. The number of fused-ring (bicyclic) bond motifs is 1. The van der Waals surface area contributed by atoms with E-state index in [9.17, 15) is 14.7 Å². The molecule has 1 aromatic rings. The van der Waals surface area contributed by atoms with E-state index < -0.39 is 0 Å². The van der Waals surface area contributed by atoms with Gasteiger partial charge in [0.15, 0.2) is 0 Å². The molecule has 2 heterocycles. The van der Waals surface area contributed by atoms with Crippen LogP contribution >= 0.6 is 34.2 Å². The molecule has 0 aromatic heterocycles. The summed E-state index contributed by atoms with van der Waals surface area (Å²) in [7, 11) is 0. The highest BCUT2D eigenvalue weighted by Gasteiger charge is 2.42. The Hall–Kier alpha value is -1.28. The average Bonchev–Trinajstić information content (AvgIpc) is 3.14. The number of benzene rings is 1. The summed E-state index contributed by atoms with van der Waals surface area (Å²) in [5.74, 6) is 0.922. The number of nitrogens with zero attached hydrogens (tertiary/aromatic N) is 2. The van der Waals surface area contributed by atoms with E-state index in [4.69, 9.17) is 11.6 Å². The topological polar surface area (TPSA) is 60.9 Å². The minimum absolute atomic E-state index is 0.0277. The summed E-state index contributed by atoms with van der Waals surface area (Å²) in [6.07, 6.45) is 2.20. The Morgan fingerprint density at radius 2 is 1.84 bits per heavy atom. The molecule has 0 aliphatic carbocycles.